The maximum Gasteiger partial charge on any atom is 0.246 e. The Morgan fingerprint density at radius 2 is 1.95 bits per heavy atom. The first kappa shape index (κ1) is 14.3. The molecule has 2 heterocycles. The number of carbonyl (C=O) groups is 3. The van der Waals surface area contributed by atoms with Gasteiger partial charge in [-0.1, -0.05) is 0 Å². The minimum Gasteiger partial charge on any atom is -0.323 e. The molecule has 3 amide bonds. The van der Waals surface area contributed by atoms with Crippen LogP contribution in [-0.2, 0) is 24.2 Å². The van der Waals surface area contributed by atoms with E-state index in [2.05, 4.69) is 5.32 Å². The predicted octanol–water partition coefficient (Wildman–Crippen LogP) is -1.61. The molecule has 1 N–H and O–H groups in total. The number of rotatable bonds is 3. The fourth-order valence-corrected chi connectivity index (χ4v) is 5.53. The van der Waals surface area contributed by atoms with Crippen molar-refractivity contribution in [3.63, 3.8) is 0 Å². The van der Waals surface area contributed by atoms with Crippen LogP contribution in [0.2, 0.25) is 0 Å². The van der Waals surface area contributed by atoms with Crippen LogP contribution in [0.3, 0.4) is 0 Å². The number of hydrogen-bond donors (Lipinski definition) is 1. The molecule has 2 rings (SSSR count). The van der Waals surface area contributed by atoms with Gasteiger partial charge in [-0.15, -0.1) is 11.8 Å². The average molecular weight is 306 g/mol. The molecule has 0 aromatic carbocycles. The van der Waals surface area contributed by atoms with Gasteiger partial charge in [-0.3, -0.25) is 19.7 Å². The van der Waals surface area contributed by atoms with Gasteiger partial charge in [0.2, 0.25) is 17.7 Å². The van der Waals surface area contributed by atoms with Gasteiger partial charge < -0.3 is 4.90 Å². The molecular formula is C10H14N2O5S2. The number of imide groups is 1. The van der Waals surface area contributed by atoms with Crippen LogP contribution in [-0.4, -0.2) is 66.6 Å². The minimum absolute atomic E-state index is 0.0664. The van der Waals surface area contributed by atoms with Gasteiger partial charge in [-0.2, -0.15) is 0 Å². The zero-order chi connectivity index (χ0) is 14.0. The molecule has 1 atom stereocenters. The number of nitrogens with one attached hydrogen (secondary N) is 1. The second-order valence-electron chi connectivity index (χ2n) is 4.56. The van der Waals surface area contributed by atoms with Gasteiger partial charge in [0, 0.05) is 5.25 Å². The van der Waals surface area contributed by atoms with E-state index in [1.165, 1.54) is 16.7 Å². The molecule has 9 heteroatoms. The van der Waals surface area contributed by atoms with Crippen molar-refractivity contribution in [1.29, 1.82) is 0 Å². The number of nitrogens with zero attached hydrogens (tertiary/aromatic N) is 1. The van der Waals surface area contributed by atoms with Gasteiger partial charge in [0.25, 0.3) is 0 Å². The standard InChI is InChI=1S/C10H14N2O5S2/c13-8-3-12(4-9(14)11-8)10(15)5-18-7-1-2-19(16,17)6-7/h7H,1-6H2,(H,11,13,14). The van der Waals surface area contributed by atoms with Crippen LogP contribution in [0.4, 0.5) is 0 Å². The molecule has 0 aromatic rings. The molecule has 2 aliphatic rings. The second kappa shape index (κ2) is 5.49. The first-order valence-electron chi connectivity index (χ1n) is 5.78. The van der Waals surface area contributed by atoms with Crippen LogP contribution in [0.1, 0.15) is 6.42 Å². The summed E-state index contributed by atoms with van der Waals surface area (Å²) in [6.07, 6.45) is 0.555. The van der Waals surface area contributed by atoms with Gasteiger partial charge in [-0.25, -0.2) is 8.42 Å². The molecule has 0 spiro atoms. The van der Waals surface area contributed by atoms with E-state index in [1.54, 1.807) is 0 Å². The zero-order valence-corrected chi connectivity index (χ0v) is 11.8. The van der Waals surface area contributed by atoms with Crippen molar-refractivity contribution in [3.8, 4) is 0 Å². The number of thioether (sulfide) groups is 1. The predicted molar refractivity (Wildman–Crippen MR) is 69.2 cm³/mol. The lowest BCUT2D eigenvalue weighted by atomic mass is 10.3. The van der Waals surface area contributed by atoms with Crippen LogP contribution in [0.25, 0.3) is 0 Å². The van der Waals surface area contributed by atoms with E-state index in [-0.39, 0.29) is 41.5 Å². The summed E-state index contributed by atoms with van der Waals surface area (Å²) in [4.78, 5) is 35.3. The summed E-state index contributed by atoms with van der Waals surface area (Å²) in [5.74, 6) is -0.914. The molecule has 106 valence electrons. The van der Waals surface area contributed by atoms with Crippen molar-refractivity contribution in [1.82, 2.24) is 10.2 Å². The van der Waals surface area contributed by atoms with Crippen LogP contribution >= 0.6 is 11.8 Å². The Hall–Kier alpha value is -1.09. The lowest BCUT2D eigenvalue weighted by molar-refractivity contribution is -0.144. The van der Waals surface area contributed by atoms with Gasteiger partial charge in [0.05, 0.1) is 17.3 Å². The SMILES string of the molecule is O=C1CN(C(=O)CSC2CCS(=O)(=O)C2)CC(=O)N1. The summed E-state index contributed by atoms with van der Waals surface area (Å²) in [6.45, 7) is -0.234. The first-order chi connectivity index (χ1) is 8.85. The van der Waals surface area contributed by atoms with Crippen LogP contribution in [0, 0.1) is 0 Å². The van der Waals surface area contributed by atoms with E-state index < -0.39 is 21.7 Å². The molecule has 19 heavy (non-hydrogen) atoms. The summed E-state index contributed by atoms with van der Waals surface area (Å²) in [5, 5.41) is 2.05. The Kier molecular flexibility index (Phi) is 4.14. The van der Waals surface area contributed by atoms with E-state index in [1.807, 2.05) is 0 Å². The molecule has 0 aliphatic carbocycles. The third-order valence-corrected chi connectivity index (χ3v) is 6.20. The van der Waals surface area contributed by atoms with Crippen LogP contribution in [0.5, 0.6) is 0 Å². The van der Waals surface area contributed by atoms with E-state index in [0.717, 1.165) is 0 Å². The van der Waals surface area contributed by atoms with Crippen molar-refractivity contribution in [2.45, 2.75) is 11.7 Å². The molecule has 1 unspecified atom stereocenters. The smallest absolute Gasteiger partial charge is 0.246 e. The molecule has 0 radical (unpaired) electrons. The van der Waals surface area contributed by atoms with Crippen molar-refractivity contribution in [2.24, 2.45) is 0 Å². The summed E-state index contributed by atoms with van der Waals surface area (Å²) in [7, 11) is -2.95. The topological polar surface area (TPSA) is 101 Å². The van der Waals surface area contributed by atoms with Crippen molar-refractivity contribution in [2.75, 3.05) is 30.3 Å². The van der Waals surface area contributed by atoms with Gasteiger partial charge in [-0.05, 0) is 6.42 Å². The number of sulfone groups is 1. The minimum atomic E-state index is -2.95. The summed E-state index contributed by atoms with van der Waals surface area (Å²) in [5.41, 5.74) is 0. The lowest BCUT2D eigenvalue weighted by Crippen LogP contribution is -2.53. The van der Waals surface area contributed by atoms with E-state index in [9.17, 15) is 22.8 Å². The monoisotopic (exact) mass is 306 g/mol. The van der Waals surface area contributed by atoms with E-state index >= 15 is 0 Å². The molecular weight excluding hydrogens is 292 g/mol. The first-order valence-corrected chi connectivity index (χ1v) is 8.65. The van der Waals surface area contributed by atoms with Gasteiger partial charge in [0.15, 0.2) is 9.84 Å². The highest BCUT2D eigenvalue weighted by Crippen LogP contribution is 2.24. The second-order valence-corrected chi connectivity index (χ2v) is 8.07. The fourth-order valence-electron chi connectivity index (χ4n) is 1.99. The maximum absolute atomic E-state index is 11.8. The highest BCUT2D eigenvalue weighted by Gasteiger charge is 2.30. The molecule has 0 aromatic heterocycles. The third-order valence-electron chi connectivity index (χ3n) is 2.93. The highest BCUT2D eigenvalue weighted by atomic mass is 32.2. The molecule has 2 aliphatic heterocycles. The Bertz CT molecular complexity index is 500. The van der Waals surface area contributed by atoms with Gasteiger partial charge in [0.1, 0.15) is 13.1 Å². The van der Waals surface area contributed by atoms with Crippen LogP contribution in [0.15, 0.2) is 0 Å². The van der Waals surface area contributed by atoms with Crippen molar-refractivity contribution < 1.29 is 22.8 Å². The quantitative estimate of drug-likeness (QED) is 0.630. The highest BCUT2D eigenvalue weighted by molar-refractivity contribution is 8.02. The molecule has 2 saturated heterocycles. The average Bonchev–Trinajstić information content (AvgIpc) is 2.64. The van der Waals surface area contributed by atoms with E-state index in [0.29, 0.717) is 6.42 Å². The molecule has 0 saturated carbocycles. The Balaban J connectivity index is 1.81. The Morgan fingerprint density at radius 3 is 2.47 bits per heavy atom. The number of hydrogen-bond acceptors (Lipinski definition) is 6. The third kappa shape index (κ3) is 3.93. The maximum atomic E-state index is 11.8. The largest absolute Gasteiger partial charge is 0.323 e. The lowest BCUT2D eigenvalue weighted by Gasteiger charge is -2.25. The number of piperazine rings is 1. The fraction of sp³-hybridized carbons (Fsp3) is 0.700. The summed E-state index contributed by atoms with van der Waals surface area (Å²) >= 11 is 1.28. The Labute approximate surface area is 115 Å². The molecule has 0 bridgehead atoms. The summed E-state index contributed by atoms with van der Waals surface area (Å²) in [6, 6.07) is 0. The number of carbonyl (C=O) groups excluding carboxylic acids is 3. The van der Waals surface area contributed by atoms with Crippen molar-refractivity contribution in [3.05, 3.63) is 0 Å². The van der Waals surface area contributed by atoms with Gasteiger partial charge >= 0.3 is 0 Å². The normalized spacial score (nSPS) is 26.3. The van der Waals surface area contributed by atoms with E-state index in [4.69, 9.17) is 0 Å². The molecule has 2 fully saturated rings. The Morgan fingerprint density at radius 1 is 1.32 bits per heavy atom. The molecule has 7 nitrogen and oxygen atoms in total. The number of amides is 3. The van der Waals surface area contributed by atoms with Crippen molar-refractivity contribution >= 4 is 39.3 Å². The zero-order valence-electron chi connectivity index (χ0n) is 10.1. The van der Waals surface area contributed by atoms with Crippen LogP contribution < -0.4 is 5.32 Å². The summed E-state index contributed by atoms with van der Waals surface area (Å²) < 4.78 is 22.5.